The number of hydrogen-bond donors (Lipinski definition) is 1. The summed E-state index contributed by atoms with van der Waals surface area (Å²) in [6, 6.07) is 2.94. The zero-order chi connectivity index (χ0) is 13.4. The Balaban J connectivity index is 0.00000132. The van der Waals surface area contributed by atoms with Gasteiger partial charge in [-0.2, -0.15) is 11.3 Å². The van der Waals surface area contributed by atoms with E-state index < -0.39 is 0 Å². The number of piperidine rings is 1. The lowest BCUT2D eigenvalue weighted by Crippen LogP contribution is -2.43. The fraction of sp³-hybridized carbons (Fsp3) is 0.533. The van der Waals surface area contributed by atoms with E-state index in [0.29, 0.717) is 0 Å². The number of thiophene rings is 1. The van der Waals surface area contributed by atoms with Crippen LogP contribution in [-0.2, 0) is 6.54 Å². The third-order valence-electron chi connectivity index (χ3n) is 4.45. The van der Waals surface area contributed by atoms with Crippen LogP contribution in [0.25, 0.3) is 10.6 Å². The van der Waals surface area contributed by atoms with E-state index >= 15 is 0 Å². The Bertz CT molecular complexity index is 569. The molecule has 2 aromatic rings. The van der Waals surface area contributed by atoms with Gasteiger partial charge in [-0.25, -0.2) is 4.98 Å². The predicted octanol–water partition coefficient (Wildman–Crippen LogP) is 3.48. The molecule has 0 spiro atoms. The van der Waals surface area contributed by atoms with Crippen LogP contribution in [0.5, 0.6) is 0 Å². The number of nitrogens with one attached hydrogen (secondary N) is 1. The summed E-state index contributed by atoms with van der Waals surface area (Å²) < 4.78 is 0. The minimum Gasteiger partial charge on any atom is -0.314 e. The number of fused-ring (bicyclic) bond motifs is 1. The van der Waals surface area contributed by atoms with Gasteiger partial charge in [-0.15, -0.1) is 23.7 Å². The molecule has 2 fully saturated rings. The first kappa shape index (κ1) is 15.4. The van der Waals surface area contributed by atoms with Gasteiger partial charge in [0.15, 0.2) is 0 Å². The smallest absolute Gasteiger partial charge is 0.124 e. The Morgan fingerprint density at radius 2 is 2.29 bits per heavy atom. The molecular formula is C15H20ClN3S2. The summed E-state index contributed by atoms with van der Waals surface area (Å²) >= 11 is 3.51. The van der Waals surface area contributed by atoms with Crippen molar-refractivity contribution in [1.29, 1.82) is 0 Å². The summed E-state index contributed by atoms with van der Waals surface area (Å²) in [5, 5.41) is 11.3. The molecule has 0 bridgehead atoms. The molecule has 4 rings (SSSR count). The van der Waals surface area contributed by atoms with Crippen molar-refractivity contribution in [2.75, 3.05) is 19.6 Å². The molecule has 114 valence electrons. The lowest BCUT2D eigenvalue weighted by molar-refractivity contribution is 0.154. The van der Waals surface area contributed by atoms with Crippen molar-refractivity contribution in [2.45, 2.75) is 25.4 Å². The molecule has 1 N–H and O–H groups in total. The SMILES string of the molecule is Cl.c1cc(-c2nc(CN3CCC4NCCC4C3)cs2)cs1. The quantitative estimate of drug-likeness (QED) is 0.926. The highest BCUT2D eigenvalue weighted by molar-refractivity contribution is 7.14. The minimum atomic E-state index is 0. The van der Waals surface area contributed by atoms with E-state index in [1.54, 1.807) is 22.7 Å². The highest BCUT2D eigenvalue weighted by atomic mass is 35.5. The normalized spacial score (nSPS) is 25.5. The maximum atomic E-state index is 4.80. The number of thiazole rings is 1. The molecule has 2 unspecified atom stereocenters. The molecule has 6 heteroatoms. The number of nitrogens with zero attached hydrogens (tertiary/aromatic N) is 2. The zero-order valence-corrected chi connectivity index (χ0v) is 14.3. The van der Waals surface area contributed by atoms with Crippen molar-refractivity contribution in [3.63, 3.8) is 0 Å². The summed E-state index contributed by atoms with van der Waals surface area (Å²) in [7, 11) is 0. The summed E-state index contributed by atoms with van der Waals surface area (Å²) in [5.41, 5.74) is 2.51. The van der Waals surface area contributed by atoms with Gasteiger partial charge in [0, 0.05) is 42.0 Å². The Kier molecular flexibility index (Phi) is 4.96. The molecule has 21 heavy (non-hydrogen) atoms. The van der Waals surface area contributed by atoms with Crippen molar-refractivity contribution in [3.05, 3.63) is 27.9 Å². The first-order valence-electron chi connectivity index (χ1n) is 7.31. The summed E-state index contributed by atoms with van der Waals surface area (Å²) in [5.74, 6) is 0.860. The molecule has 0 radical (unpaired) electrons. The molecule has 3 nitrogen and oxygen atoms in total. The van der Waals surface area contributed by atoms with E-state index in [9.17, 15) is 0 Å². The van der Waals surface area contributed by atoms with Crippen molar-refractivity contribution in [2.24, 2.45) is 5.92 Å². The van der Waals surface area contributed by atoms with Crippen LogP contribution in [0, 0.1) is 5.92 Å². The number of halogens is 1. The Morgan fingerprint density at radius 1 is 1.33 bits per heavy atom. The van der Waals surface area contributed by atoms with Crippen molar-refractivity contribution < 1.29 is 0 Å². The average Bonchev–Trinajstić information content (AvgIpc) is 3.19. The Labute approximate surface area is 139 Å². The molecule has 4 heterocycles. The second-order valence-electron chi connectivity index (χ2n) is 5.79. The van der Waals surface area contributed by atoms with Crippen LogP contribution in [0.15, 0.2) is 22.2 Å². The van der Waals surface area contributed by atoms with Crippen LogP contribution >= 0.6 is 35.1 Å². The highest BCUT2D eigenvalue weighted by Crippen LogP contribution is 2.28. The van der Waals surface area contributed by atoms with Gasteiger partial charge in [-0.1, -0.05) is 0 Å². The zero-order valence-electron chi connectivity index (χ0n) is 11.8. The summed E-state index contributed by atoms with van der Waals surface area (Å²) in [4.78, 5) is 7.38. The molecule has 2 aliphatic rings. The van der Waals surface area contributed by atoms with E-state index in [2.05, 4.69) is 32.4 Å². The molecule has 2 aromatic heterocycles. The lowest BCUT2D eigenvalue weighted by Gasteiger charge is -2.34. The molecule has 2 saturated heterocycles. The second kappa shape index (κ2) is 6.75. The average molecular weight is 342 g/mol. The minimum absolute atomic E-state index is 0. The van der Waals surface area contributed by atoms with Gasteiger partial charge in [0.05, 0.1) is 5.69 Å². The number of aromatic nitrogens is 1. The van der Waals surface area contributed by atoms with E-state index in [1.165, 1.54) is 48.7 Å². The van der Waals surface area contributed by atoms with Crippen LogP contribution in [0.4, 0.5) is 0 Å². The van der Waals surface area contributed by atoms with Crippen LogP contribution in [0.2, 0.25) is 0 Å². The summed E-state index contributed by atoms with van der Waals surface area (Å²) in [6.45, 7) is 4.68. The predicted molar refractivity (Wildman–Crippen MR) is 92.5 cm³/mol. The third-order valence-corrected chi connectivity index (χ3v) is 6.07. The van der Waals surface area contributed by atoms with E-state index in [4.69, 9.17) is 4.98 Å². The van der Waals surface area contributed by atoms with Crippen LogP contribution < -0.4 is 5.32 Å². The second-order valence-corrected chi connectivity index (χ2v) is 7.43. The number of hydrogen-bond acceptors (Lipinski definition) is 5. The molecular weight excluding hydrogens is 322 g/mol. The van der Waals surface area contributed by atoms with Crippen LogP contribution in [0.1, 0.15) is 18.5 Å². The molecule has 2 aliphatic heterocycles. The van der Waals surface area contributed by atoms with Gasteiger partial charge >= 0.3 is 0 Å². The van der Waals surface area contributed by atoms with E-state index in [-0.39, 0.29) is 12.4 Å². The molecule has 2 atom stereocenters. The molecule has 0 amide bonds. The van der Waals surface area contributed by atoms with Gasteiger partial charge in [0.2, 0.25) is 0 Å². The van der Waals surface area contributed by atoms with Crippen LogP contribution in [0.3, 0.4) is 0 Å². The van der Waals surface area contributed by atoms with Crippen LogP contribution in [-0.4, -0.2) is 35.6 Å². The third kappa shape index (κ3) is 3.32. The van der Waals surface area contributed by atoms with Gasteiger partial charge in [-0.3, -0.25) is 4.90 Å². The largest absolute Gasteiger partial charge is 0.314 e. The standard InChI is InChI=1S/C15H19N3S2.ClH/c1-4-16-14-2-5-18(7-11(1)14)8-13-10-20-15(17-13)12-3-6-19-9-12;/h3,6,9-11,14,16H,1-2,4-5,7-8H2;1H. The first-order valence-corrected chi connectivity index (χ1v) is 9.13. The highest BCUT2D eigenvalue weighted by Gasteiger charge is 2.32. The molecule has 0 aromatic carbocycles. The number of rotatable bonds is 3. The fourth-order valence-electron chi connectivity index (χ4n) is 3.39. The monoisotopic (exact) mass is 341 g/mol. The maximum Gasteiger partial charge on any atom is 0.124 e. The van der Waals surface area contributed by atoms with Gasteiger partial charge < -0.3 is 5.32 Å². The Morgan fingerprint density at radius 3 is 3.14 bits per heavy atom. The van der Waals surface area contributed by atoms with Gasteiger partial charge in [0.1, 0.15) is 5.01 Å². The fourth-order valence-corrected chi connectivity index (χ4v) is 4.92. The lowest BCUT2D eigenvalue weighted by atomic mass is 9.93. The van der Waals surface area contributed by atoms with E-state index in [0.717, 1.165) is 18.5 Å². The molecule has 0 aliphatic carbocycles. The van der Waals surface area contributed by atoms with Gasteiger partial charge in [0.25, 0.3) is 0 Å². The maximum absolute atomic E-state index is 4.80. The topological polar surface area (TPSA) is 28.2 Å². The van der Waals surface area contributed by atoms with Crippen molar-refractivity contribution in [3.8, 4) is 10.6 Å². The van der Waals surface area contributed by atoms with Crippen molar-refractivity contribution >= 4 is 35.1 Å². The summed E-state index contributed by atoms with van der Waals surface area (Å²) in [6.07, 6.45) is 2.64. The van der Waals surface area contributed by atoms with E-state index in [1.807, 2.05) is 0 Å². The van der Waals surface area contributed by atoms with Crippen molar-refractivity contribution in [1.82, 2.24) is 15.2 Å². The first-order chi connectivity index (χ1) is 9.88. The molecule has 0 saturated carbocycles. The van der Waals surface area contributed by atoms with Gasteiger partial charge in [-0.05, 0) is 36.8 Å². The number of likely N-dealkylation sites (tertiary alicyclic amines) is 1. The Hall–Kier alpha value is -0.460.